The summed E-state index contributed by atoms with van der Waals surface area (Å²) in [5.41, 5.74) is 0.800. The summed E-state index contributed by atoms with van der Waals surface area (Å²) in [5, 5.41) is 0. The second-order valence-corrected chi connectivity index (χ2v) is 4.54. The first-order valence-corrected chi connectivity index (χ1v) is 7.04. The van der Waals surface area contributed by atoms with Crippen LogP contribution in [0.4, 0.5) is 0 Å². The first-order valence-electron chi connectivity index (χ1n) is 7.04. The molecule has 0 saturated heterocycles. The predicted molar refractivity (Wildman–Crippen MR) is 75.3 cm³/mol. The van der Waals surface area contributed by atoms with Crippen molar-refractivity contribution in [2.45, 2.75) is 52.4 Å². The second-order valence-electron chi connectivity index (χ2n) is 4.54. The van der Waals surface area contributed by atoms with Gasteiger partial charge in [-0.25, -0.2) is 0 Å². The summed E-state index contributed by atoms with van der Waals surface area (Å²) in [6.07, 6.45) is 6.59. The summed E-state index contributed by atoms with van der Waals surface area (Å²) in [6.45, 7) is 4.81. The smallest absolute Gasteiger partial charge is 0.162 e. The Morgan fingerprint density at radius 3 is 2.28 bits per heavy atom. The van der Waals surface area contributed by atoms with Crippen LogP contribution in [0.2, 0.25) is 0 Å². The average Bonchev–Trinajstić information content (AvgIpc) is 2.39. The van der Waals surface area contributed by atoms with Crippen molar-refractivity contribution in [3.05, 3.63) is 29.8 Å². The van der Waals surface area contributed by atoms with Crippen LogP contribution in [-0.4, -0.2) is 12.4 Å². The lowest BCUT2D eigenvalue weighted by Crippen LogP contribution is -1.99. The Bertz CT molecular complexity index is 341. The number of hydrogen-bond donors (Lipinski definition) is 0. The molecule has 0 aliphatic heterocycles. The van der Waals surface area contributed by atoms with E-state index in [9.17, 15) is 4.79 Å². The normalized spacial score (nSPS) is 10.3. The lowest BCUT2D eigenvalue weighted by molar-refractivity contribution is 0.0979. The molecule has 1 aromatic carbocycles. The van der Waals surface area contributed by atoms with Gasteiger partial charge in [-0.3, -0.25) is 4.79 Å². The SMILES string of the molecule is CCCCCCCC(=O)c1ccc(OCC)cc1. The van der Waals surface area contributed by atoms with Crippen molar-refractivity contribution in [3.8, 4) is 5.75 Å². The molecule has 0 atom stereocenters. The monoisotopic (exact) mass is 248 g/mol. The molecule has 1 rings (SSSR count). The van der Waals surface area contributed by atoms with Crippen molar-refractivity contribution in [2.24, 2.45) is 0 Å². The number of ketones is 1. The van der Waals surface area contributed by atoms with Gasteiger partial charge in [0.25, 0.3) is 0 Å². The minimum absolute atomic E-state index is 0.245. The van der Waals surface area contributed by atoms with Crippen molar-refractivity contribution in [2.75, 3.05) is 6.61 Å². The quantitative estimate of drug-likeness (QED) is 0.470. The zero-order valence-corrected chi connectivity index (χ0v) is 11.6. The van der Waals surface area contributed by atoms with Crippen LogP contribution >= 0.6 is 0 Å². The van der Waals surface area contributed by atoms with Gasteiger partial charge in [-0.1, -0.05) is 32.6 Å². The van der Waals surface area contributed by atoms with E-state index in [1.54, 1.807) is 0 Å². The first-order chi connectivity index (χ1) is 8.77. The zero-order chi connectivity index (χ0) is 13.2. The van der Waals surface area contributed by atoms with Crippen LogP contribution in [0, 0.1) is 0 Å². The van der Waals surface area contributed by atoms with Gasteiger partial charge in [0, 0.05) is 12.0 Å². The molecule has 0 fully saturated rings. The molecule has 100 valence electrons. The molecule has 2 nitrogen and oxygen atoms in total. The predicted octanol–water partition coefficient (Wildman–Crippen LogP) is 4.63. The topological polar surface area (TPSA) is 26.3 Å². The number of hydrogen-bond acceptors (Lipinski definition) is 2. The Balaban J connectivity index is 2.32. The Hall–Kier alpha value is -1.31. The lowest BCUT2D eigenvalue weighted by atomic mass is 10.0. The van der Waals surface area contributed by atoms with E-state index in [2.05, 4.69) is 6.92 Å². The minimum atomic E-state index is 0.245. The summed E-state index contributed by atoms with van der Waals surface area (Å²) >= 11 is 0. The van der Waals surface area contributed by atoms with Gasteiger partial charge in [0.2, 0.25) is 0 Å². The molecule has 0 spiro atoms. The molecule has 2 heteroatoms. The fourth-order valence-electron chi connectivity index (χ4n) is 1.94. The van der Waals surface area contributed by atoms with E-state index in [1.165, 1.54) is 19.3 Å². The molecule has 0 bridgehead atoms. The van der Waals surface area contributed by atoms with Crippen LogP contribution in [-0.2, 0) is 0 Å². The van der Waals surface area contributed by atoms with E-state index in [4.69, 9.17) is 4.74 Å². The van der Waals surface area contributed by atoms with Gasteiger partial charge >= 0.3 is 0 Å². The maximum atomic E-state index is 11.9. The summed E-state index contributed by atoms with van der Waals surface area (Å²) < 4.78 is 5.35. The highest BCUT2D eigenvalue weighted by Crippen LogP contribution is 2.15. The maximum Gasteiger partial charge on any atom is 0.162 e. The number of Topliss-reactive ketones (excluding diaryl/α,β-unsaturated/α-hetero) is 1. The van der Waals surface area contributed by atoms with Crippen LogP contribution in [0.5, 0.6) is 5.75 Å². The van der Waals surface area contributed by atoms with Crippen molar-refractivity contribution in [3.63, 3.8) is 0 Å². The largest absolute Gasteiger partial charge is 0.494 e. The van der Waals surface area contributed by atoms with Gasteiger partial charge in [-0.15, -0.1) is 0 Å². The van der Waals surface area contributed by atoms with E-state index in [1.807, 2.05) is 31.2 Å². The van der Waals surface area contributed by atoms with Crippen molar-refractivity contribution in [1.82, 2.24) is 0 Å². The number of unbranched alkanes of at least 4 members (excludes halogenated alkanes) is 4. The van der Waals surface area contributed by atoms with Crippen LogP contribution in [0.25, 0.3) is 0 Å². The van der Waals surface area contributed by atoms with Gasteiger partial charge in [0.15, 0.2) is 5.78 Å². The fourth-order valence-corrected chi connectivity index (χ4v) is 1.94. The molecule has 1 aromatic rings. The van der Waals surface area contributed by atoms with E-state index < -0.39 is 0 Å². The van der Waals surface area contributed by atoms with Gasteiger partial charge in [-0.05, 0) is 37.6 Å². The van der Waals surface area contributed by atoms with Gasteiger partial charge in [0.1, 0.15) is 5.75 Å². The number of carbonyl (C=O) groups is 1. The Morgan fingerprint density at radius 2 is 1.67 bits per heavy atom. The lowest BCUT2D eigenvalue weighted by Gasteiger charge is -2.04. The number of carbonyl (C=O) groups excluding carboxylic acids is 1. The van der Waals surface area contributed by atoms with Gasteiger partial charge in [0.05, 0.1) is 6.61 Å². The number of ether oxygens (including phenoxy) is 1. The molecule has 0 amide bonds. The van der Waals surface area contributed by atoms with Gasteiger partial charge in [-0.2, -0.15) is 0 Å². The fraction of sp³-hybridized carbons (Fsp3) is 0.562. The van der Waals surface area contributed by atoms with E-state index >= 15 is 0 Å². The summed E-state index contributed by atoms with van der Waals surface area (Å²) in [7, 11) is 0. The Labute approximate surface area is 110 Å². The van der Waals surface area contributed by atoms with E-state index in [0.29, 0.717) is 13.0 Å². The highest BCUT2D eigenvalue weighted by molar-refractivity contribution is 5.96. The minimum Gasteiger partial charge on any atom is -0.494 e. The summed E-state index contributed by atoms with van der Waals surface area (Å²) in [5.74, 6) is 1.08. The van der Waals surface area contributed by atoms with Crippen molar-refractivity contribution >= 4 is 5.78 Å². The standard InChI is InChI=1S/C16H24O2/c1-3-5-6-7-8-9-16(17)14-10-12-15(13-11-14)18-4-2/h10-13H,3-9H2,1-2H3. The van der Waals surface area contributed by atoms with E-state index in [-0.39, 0.29) is 5.78 Å². The summed E-state index contributed by atoms with van der Waals surface area (Å²) in [6, 6.07) is 7.46. The molecule has 18 heavy (non-hydrogen) atoms. The third-order valence-electron chi connectivity index (χ3n) is 2.99. The molecular weight excluding hydrogens is 224 g/mol. The first kappa shape index (κ1) is 14.7. The molecule has 0 N–H and O–H groups in total. The third kappa shape index (κ3) is 5.35. The number of rotatable bonds is 9. The second kappa shape index (κ2) is 8.73. The highest BCUT2D eigenvalue weighted by atomic mass is 16.5. The third-order valence-corrected chi connectivity index (χ3v) is 2.99. The highest BCUT2D eigenvalue weighted by Gasteiger charge is 2.05. The molecule has 0 aromatic heterocycles. The van der Waals surface area contributed by atoms with Crippen LogP contribution < -0.4 is 4.74 Å². The summed E-state index contributed by atoms with van der Waals surface area (Å²) in [4.78, 5) is 11.9. The number of benzene rings is 1. The van der Waals surface area contributed by atoms with E-state index in [0.717, 1.165) is 24.2 Å². The Morgan fingerprint density at radius 1 is 1.00 bits per heavy atom. The molecule has 0 radical (unpaired) electrons. The molecule has 0 heterocycles. The molecule has 0 unspecified atom stereocenters. The average molecular weight is 248 g/mol. The molecule has 0 aliphatic carbocycles. The van der Waals surface area contributed by atoms with Crippen LogP contribution in [0.3, 0.4) is 0 Å². The van der Waals surface area contributed by atoms with Crippen LogP contribution in [0.15, 0.2) is 24.3 Å². The van der Waals surface area contributed by atoms with Crippen LogP contribution in [0.1, 0.15) is 62.7 Å². The molecule has 0 aliphatic rings. The maximum absolute atomic E-state index is 11.9. The van der Waals surface area contributed by atoms with Crippen molar-refractivity contribution in [1.29, 1.82) is 0 Å². The zero-order valence-electron chi connectivity index (χ0n) is 11.6. The molecule has 0 saturated carbocycles. The van der Waals surface area contributed by atoms with Crippen molar-refractivity contribution < 1.29 is 9.53 Å². The Kier molecular flexibility index (Phi) is 7.16. The van der Waals surface area contributed by atoms with Gasteiger partial charge < -0.3 is 4.74 Å². The molecular formula is C16H24O2.